The highest BCUT2D eigenvalue weighted by molar-refractivity contribution is 7.80. The van der Waals surface area contributed by atoms with Gasteiger partial charge in [0, 0.05) is 25.5 Å². The van der Waals surface area contributed by atoms with E-state index >= 15 is 0 Å². The van der Waals surface area contributed by atoms with Crippen molar-refractivity contribution in [3.63, 3.8) is 0 Å². The lowest BCUT2D eigenvalue weighted by molar-refractivity contribution is 0.318. The molecule has 2 rings (SSSR count). The van der Waals surface area contributed by atoms with Crippen molar-refractivity contribution in [2.75, 3.05) is 14.2 Å². The van der Waals surface area contributed by atoms with Gasteiger partial charge in [-0.3, -0.25) is 9.88 Å². The first-order valence-electron chi connectivity index (χ1n) is 6.64. The second-order valence-corrected chi connectivity index (χ2v) is 5.37. The van der Waals surface area contributed by atoms with Crippen LogP contribution in [0, 0.1) is 0 Å². The fourth-order valence-electron chi connectivity index (χ4n) is 2.20. The van der Waals surface area contributed by atoms with Crippen LogP contribution in [0.4, 0.5) is 0 Å². The van der Waals surface area contributed by atoms with Gasteiger partial charge in [0.25, 0.3) is 0 Å². The predicted molar refractivity (Wildman–Crippen MR) is 88.3 cm³/mol. The molecule has 1 heterocycles. The topological polar surface area (TPSA) is 51.4 Å². The molecule has 0 aliphatic carbocycles. The molecule has 1 aromatic carbocycles. The Morgan fingerprint density at radius 2 is 1.86 bits per heavy atom. The molecule has 110 valence electrons. The number of thiocarbonyl (C=S) groups is 1. The minimum absolute atomic E-state index is 0.351. The third kappa shape index (κ3) is 4.24. The minimum Gasteiger partial charge on any atom is -0.496 e. The molecule has 0 unspecified atom stereocenters. The highest BCUT2D eigenvalue weighted by Crippen LogP contribution is 2.21. The lowest BCUT2D eigenvalue weighted by Gasteiger charge is -2.18. The van der Waals surface area contributed by atoms with E-state index in [-0.39, 0.29) is 0 Å². The van der Waals surface area contributed by atoms with Crippen LogP contribution >= 0.6 is 12.2 Å². The first-order valence-corrected chi connectivity index (χ1v) is 7.05. The maximum absolute atomic E-state index is 5.68. The quantitative estimate of drug-likeness (QED) is 0.830. The summed E-state index contributed by atoms with van der Waals surface area (Å²) in [5, 5.41) is 0. The van der Waals surface area contributed by atoms with E-state index in [1.807, 2.05) is 42.7 Å². The van der Waals surface area contributed by atoms with Gasteiger partial charge in [-0.1, -0.05) is 18.3 Å². The molecule has 0 fully saturated rings. The molecule has 0 spiro atoms. The summed E-state index contributed by atoms with van der Waals surface area (Å²) >= 11 is 5.02. The van der Waals surface area contributed by atoms with Crippen molar-refractivity contribution < 1.29 is 4.74 Å². The molecule has 1 aromatic heterocycles. The second-order valence-electron chi connectivity index (χ2n) is 4.93. The van der Waals surface area contributed by atoms with Crippen LogP contribution in [0.1, 0.15) is 16.7 Å². The molecule has 0 atom stereocenters. The first-order chi connectivity index (χ1) is 10.1. The van der Waals surface area contributed by atoms with Crippen LogP contribution in [0.15, 0.2) is 42.7 Å². The Balaban J connectivity index is 2.07. The van der Waals surface area contributed by atoms with Crippen molar-refractivity contribution in [3.8, 4) is 5.75 Å². The minimum atomic E-state index is 0.351. The average molecular weight is 301 g/mol. The second kappa shape index (κ2) is 7.15. The van der Waals surface area contributed by atoms with E-state index < -0.39 is 0 Å². The van der Waals surface area contributed by atoms with Gasteiger partial charge in [-0.25, -0.2) is 0 Å². The number of benzene rings is 1. The Labute approximate surface area is 130 Å². The normalized spacial score (nSPS) is 10.6. The molecule has 2 N–H and O–H groups in total. The van der Waals surface area contributed by atoms with E-state index in [0.717, 1.165) is 30.0 Å². The van der Waals surface area contributed by atoms with Gasteiger partial charge in [-0.15, -0.1) is 0 Å². The van der Waals surface area contributed by atoms with Gasteiger partial charge in [0.1, 0.15) is 10.7 Å². The van der Waals surface area contributed by atoms with E-state index in [1.165, 1.54) is 5.56 Å². The molecule has 0 radical (unpaired) electrons. The Bertz CT molecular complexity index is 616. The maximum atomic E-state index is 5.68. The van der Waals surface area contributed by atoms with Crippen LogP contribution < -0.4 is 10.5 Å². The summed E-state index contributed by atoms with van der Waals surface area (Å²) in [5.41, 5.74) is 8.84. The molecule has 21 heavy (non-hydrogen) atoms. The van der Waals surface area contributed by atoms with Gasteiger partial charge < -0.3 is 10.5 Å². The van der Waals surface area contributed by atoms with Gasteiger partial charge in [-0.05, 0) is 42.4 Å². The number of rotatable bonds is 6. The third-order valence-electron chi connectivity index (χ3n) is 3.19. The SMILES string of the molecule is COc1cc(CN(C)Cc2ccncc2)ccc1C(N)=S. The summed E-state index contributed by atoms with van der Waals surface area (Å²) < 4.78 is 5.35. The summed E-state index contributed by atoms with van der Waals surface area (Å²) in [4.78, 5) is 6.60. The zero-order valence-electron chi connectivity index (χ0n) is 12.2. The highest BCUT2D eigenvalue weighted by atomic mass is 32.1. The lowest BCUT2D eigenvalue weighted by atomic mass is 10.1. The fourth-order valence-corrected chi connectivity index (χ4v) is 2.37. The Morgan fingerprint density at radius 1 is 1.19 bits per heavy atom. The molecule has 2 aromatic rings. The summed E-state index contributed by atoms with van der Waals surface area (Å²) in [6.07, 6.45) is 3.62. The zero-order valence-corrected chi connectivity index (χ0v) is 13.1. The van der Waals surface area contributed by atoms with Crippen molar-refractivity contribution in [2.24, 2.45) is 5.73 Å². The fraction of sp³-hybridized carbons (Fsp3) is 0.250. The lowest BCUT2D eigenvalue weighted by Crippen LogP contribution is -2.18. The predicted octanol–water partition coefficient (Wildman–Crippen LogP) is 2.36. The first kappa shape index (κ1) is 15.4. The summed E-state index contributed by atoms with van der Waals surface area (Å²) in [5.74, 6) is 0.720. The van der Waals surface area contributed by atoms with Gasteiger partial charge in [0.05, 0.1) is 12.7 Å². The molecule has 0 saturated heterocycles. The van der Waals surface area contributed by atoms with E-state index in [0.29, 0.717) is 4.99 Å². The standard InChI is InChI=1S/C16H19N3OS/c1-19(10-12-5-7-18-8-6-12)11-13-3-4-14(16(17)21)15(9-13)20-2/h3-9H,10-11H2,1-2H3,(H2,17,21). The molecule has 0 amide bonds. The molecule has 0 bridgehead atoms. The third-order valence-corrected chi connectivity index (χ3v) is 3.41. The molecular weight excluding hydrogens is 282 g/mol. The summed E-state index contributed by atoms with van der Waals surface area (Å²) in [7, 11) is 3.70. The van der Waals surface area contributed by atoms with Crippen LogP contribution in [0.3, 0.4) is 0 Å². The van der Waals surface area contributed by atoms with Crippen molar-refractivity contribution >= 4 is 17.2 Å². The van der Waals surface area contributed by atoms with Crippen molar-refractivity contribution in [1.29, 1.82) is 0 Å². The molecule has 5 heteroatoms. The van der Waals surface area contributed by atoms with Gasteiger partial charge in [-0.2, -0.15) is 0 Å². The van der Waals surface area contributed by atoms with E-state index in [4.69, 9.17) is 22.7 Å². The number of nitrogens with two attached hydrogens (primary N) is 1. The van der Waals surface area contributed by atoms with Crippen molar-refractivity contribution in [1.82, 2.24) is 9.88 Å². The van der Waals surface area contributed by atoms with Gasteiger partial charge >= 0.3 is 0 Å². The van der Waals surface area contributed by atoms with Crippen LogP contribution in [0.25, 0.3) is 0 Å². The van der Waals surface area contributed by atoms with Gasteiger partial charge in [0.15, 0.2) is 0 Å². The molecule has 0 aliphatic rings. The summed E-state index contributed by atoms with van der Waals surface area (Å²) in [6.45, 7) is 1.68. The van der Waals surface area contributed by atoms with Crippen LogP contribution in [-0.4, -0.2) is 29.0 Å². The molecular formula is C16H19N3OS. The highest BCUT2D eigenvalue weighted by Gasteiger charge is 2.08. The van der Waals surface area contributed by atoms with Crippen LogP contribution in [0.2, 0.25) is 0 Å². The summed E-state index contributed by atoms with van der Waals surface area (Å²) in [6, 6.07) is 9.97. The number of methoxy groups -OCH3 is 1. The largest absolute Gasteiger partial charge is 0.496 e. The number of aromatic nitrogens is 1. The van der Waals surface area contributed by atoms with Crippen molar-refractivity contribution in [2.45, 2.75) is 13.1 Å². The zero-order chi connectivity index (χ0) is 15.2. The average Bonchev–Trinajstić information content (AvgIpc) is 2.47. The molecule has 0 saturated carbocycles. The molecule has 4 nitrogen and oxygen atoms in total. The van der Waals surface area contributed by atoms with Gasteiger partial charge in [0.2, 0.25) is 0 Å². The number of pyridine rings is 1. The maximum Gasteiger partial charge on any atom is 0.129 e. The Kier molecular flexibility index (Phi) is 5.25. The monoisotopic (exact) mass is 301 g/mol. The number of ether oxygens (including phenoxy) is 1. The number of hydrogen-bond acceptors (Lipinski definition) is 4. The van der Waals surface area contributed by atoms with Crippen molar-refractivity contribution in [3.05, 3.63) is 59.4 Å². The van der Waals surface area contributed by atoms with Crippen LogP contribution in [0.5, 0.6) is 5.75 Å². The van der Waals surface area contributed by atoms with E-state index in [9.17, 15) is 0 Å². The Morgan fingerprint density at radius 3 is 2.48 bits per heavy atom. The van der Waals surface area contributed by atoms with Crippen LogP contribution in [-0.2, 0) is 13.1 Å². The van der Waals surface area contributed by atoms with E-state index in [1.54, 1.807) is 7.11 Å². The smallest absolute Gasteiger partial charge is 0.129 e. The molecule has 0 aliphatic heterocycles. The Hall–Kier alpha value is -1.98. The van der Waals surface area contributed by atoms with E-state index in [2.05, 4.69) is 16.9 Å². The number of hydrogen-bond donors (Lipinski definition) is 1. The number of nitrogens with zero attached hydrogens (tertiary/aromatic N) is 2.